The summed E-state index contributed by atoms with van der Waals surface area (Å²) in [5, 5.41) is 21.8. The first kappa shape index (κ1) is 20.9. The van der Waals surface area contributed by atoms with Gasteiger partial charge in [-0.15, -0.1) is 11.8 Å². The van der Waals surface area contributed by atoms with E-state index in [9.17, 15) is 24.6 Å². The number of aliphatic carboxylic acids is 2. The van der Waals surface area contributed by atoms with Gasteiger partial charge in [0.2, 0.25) is 5.91 Å². The maximum absolute atomic E-state index is 13.1. The van der Waals surface area contributed by atoms with Crippen LogP contribution in [0.2, 0.25) is 0 Å². The molecule has 0 saturated carbocycles. The lowest BCUT2D eigenvalue weighted by atomic mass is 10.1. The topological polar surface area (TPSA) is 107 Å². The van der Waals surface area contributed by atoms with Gasteiger partial charge in [0.15, 0.2) is 0 Å². The van der Waals surface area contributed by atoms with Crippen LogP contribution in [-0.4, -0.2) is 52.4 Å². The minimum Gasteiger partial charge on any atom is -0.480 e. The number of carbonyl (C=O) groups is 3. The van der Waals surface area contributed by atoms with E-state index in [0.29, 0.717) is 18.5 Å². The predicted octanol–water partition coefficient (Wildman–Crippen LogP) is 2.25. The number of hydrogen-bond donors (Lipinski definition) is 3. The van der Waals surface area contributed by atoms with Crippen LogP contribution in [0.25, 0.3) is 0 Å². The Labute approximate surface area is 172 Å². The van der Waals surface area contributed by atoms with Gasteiger partial charge in [-0.3, -0.25) is 24.6 Å². The number of thioether (sulfide) groups is 1. The zero-order chi connectivity index (χ0) is 20.8. The SMILES string of the molecule is O=C(O)CN1C(=O)[C@@H](N[C@@H](CSc2ccccc2)C(=O)O)CCc2ccccc21. The Morgan fingerprint density at radius 2 is 1.79 bits per heavy atom. The van der Waals surface area contributed by atoms with Crippen LogP contribution in [0, 0.1) is 0 Å². The molecule has 0 saturated heterocycles. The molecule has 0 spiro atoms. The molecule has 2 aromatic carbocycles. The van der Waals surface area contributed by atoms with Crippen LogP contribution in [-0.2, 0) is 20.8 Å². The lowest BCUT2D eigenvalue weighted by Gasteiger charge is -2.26. The number of benzene rings is 2. The van der Waals surface area contributed by atoms with Crippen molar-refractivity contribution < 1.29 is 24.6 Å². The molecule has 29 heavy (non-hydrogen) atoms. The molecule has 3 rings (SSSR count). The van der Waals surface area contributed by atoms with Crippen LogP contribution >= 0.6 is 11.8 Å². The van der Waals surface area contributed by atoms with Gasteiger partial charge in [0.05, 0.1) is 6.04 Å². The van der Waals surface area contributed by atoms with Crippen molar-refractivity contribution in [3.05, 3.63) is 60.2 Å². The number of amides is 1. The Morgan fingerprint density at radius 1 is 1.10 bits per heavy atom. The van der Waals surface area contributed by atoms with E-state index in [1.807, 2.05) is 42.5 Å². The summed E-state index contributed by atoms with van der Waals surface area (Å²) in [4.78, 5) is 38.3. The fraction of sp³-hybridized carbons (Fsp3) is 0.286. The molecule has 2 atom stereocenters. The second-order valence-corrected chi connectivity index (χ2v) is 7.81. The van der Waals surface area contributed by atoms with Crippen LogP contribution in [0.1, 0.15) is 12.0 Å². The smallest absolute Gasteiger partial charge is 0.323 e. The molecule has 1 amide bonds. The number of para-hydroxylation sites is 1. The highest BCUT2D eigenvalue weighted by Crippen LogP contribution is 2.27. The normalized spacial score (nSPS) is 17.3. The highest BCUT2D eigenvalue weighted by atomic mass is 32.2. The zero-order valence-electron chi connectivity index (χ0n) is 15.7. The van der Waals surface area contributed by atoms with Gasteiger partial charge in [0.1, 0.15) is 12.6 Å². The molecular weight excluding hydrogens is 392 g/mol. The number of aryl methyl sites for hydroxylation is 1. The molecule has 0 aliphatic carbocycles. The van der Waals surface area contributed by atoms with Crippen molar-refractivity contribution in [3.8, 4) is 0 Å². The van der Waals surface area contributed by atoms with Crippen LogP contribution in [0.15, 0.2) is 59.5 Å². The predicted molar refractivity (Wildman–Crippen MR) is 110 cm³/mol. The molecule has 1 aliphatic heterocycles. The summed E-state index contributed by atoms with van der Waals surface area (Å²) >= 11 is 1.39. The van der Waals surface area contributed by atoms with E-state index >= 15 is 0 Å². The zero-order valence-corrected chi connectivity index (χ0v) is 16.5. The quantitative estimate of drug-likeness (QED) is 0.569. The minimum atomic E-state index is -1.12. The summed E-state index contributed by atoms with van der Waals surface area (Å²) in [6, 6.07) is 14.9. The van der Waals surface area contributed by atoms with Crippen molar-refractivity contribution in [2.75, 3.05) is 17.2 Å². The number of nitrogens with zero attached hydrogens (tertiary/aromatic N) is 1. The lowest BCUT2D eigenvalue weighted by molar-refractivity contribution is -0.140. The van der Waals surface area contributed by atoms with E-state index in [-0.39, 0.29) is 5.75 Å². The Bertz CT molecular complexity index is 890. The van der Waals surface area contributed by atoms with E-state index in [1.54, 1.807) is 12.1 Å². The van der Waals surface area contributed by atoms with Crippen molar-refractivity contribution in [3.63, 3.8) is 0 Å². The molecule has 8 heteroatoms. The van der Waals surface area contributed by atoms with Gasteiger partial charge < -0.3 is 10.2 Å². The van der Waals surface area contributed by atoms with E-state index < -0.39 is 36.5 Å². The van der Waals surface area contributed by atoms with Gasteiger partial charge >= 0.3 is 11.9 Å². The first-order valence-electron chi connectivity index (χ1n) is 9.23. The molecule has 3 N–H and O–H groups in total. The number of carboxylic acid groups (broad SMARTS) is 2. The Hall–Kier alpha value is -2.84. The summed E-state index contributed by atoms with van der Waals surface area (Å²) in [7, 11) is 0. The van der Waals surface area contributed by atoms with Gasteiger partial charge in [0, 0.05) is 16.3 Å². The third kappa shape index (κ3) is 5.36. The van der Waals surface area contributed by atoms with Gasteiger partial charge in [-0.1, -0.05) is 36.4 Å². The average Bonchev–Trinajstić information content (AvgIpc) is 2.83. The van der Waals surface area contributed by atoms with Crippen molar-refractivity contribution in [2.24, 2.45) is 0 Å². The van der Waals surface area contributed by atoms with Gasteiger partial charge in [0.25, 0.3) is 0 Å². The first-order chi connectivity index (χ1) is 14.0. The first-order valence-corrected chi connectivity index (χ1v) is 10.2. The fourth-order valence-electron chi connectivity index (χ4n) is 3.30. The van der Waals surface area contributed by atoms with E-state index in [1.165, 1.54) is 16.7 Å². The van der Waals surface area contributed by atoms with E-state index in [4.69, 9.17) is 0 Å². The van der Waals surface area contributed by atoms with Crippen LogP contribution in [0.4, 0.5) is 5.69 Å². The molecule has 0 bridgehead atoms. The largest absolute Gasteiger partial charge is 0.480 e. The number of carboxylic acids is 2. The molecular formula is C21H22N2O5S. The number of rotatable bonds is 8. The van der Waals surface area contributed by atoms with Crippen LogP contribution in [0.3, 0.4) is 0 Å². The van der Waals surface area contributed by atoms with Crippen molar-refractivity contribution >= 4 is 35.3 Å². The number of fused-ring (bicyclic) bond motifs is 1. The molecule has 0 radical (unpaired) electrons. The highest BCUT2D eigenvalue weighted by molar-refractivity contribution is 7.99. The maximum atomic E-state index is 13.1. The summed E-state index contributed by atoms with van der Waals surface area (Å²) in [5.74, 6) is -2.35. The highest BCUT2D eigenvalue weighted by Gasteiger charge is 2.34. The average molecular weight is 414 g/mol. The van der Waals surface area contributed by atoms with Gasteiger partial charge in [-0.25, -0.2) is 0 Å². The monoisotopic (exact) mass is 414 g/mol. The Balaban J connectivity index is 1.77. The van der Waals surface area contributed by atoms with E-state index in [2.05, 4.69) is 5.32 Å². The molecule has 152 valence electrons. The summed E-state index contributed by atoms with van der Waals surface area (Å²) in [6.45, 7) is -0.468. The maximum Gasteiger partial charge on any atom is 0.323 e. The summed E-state index contributed by atoms with van der Waals surface area (Å²) in [6.07, 6.45) is 0.944. The summed E-state index contributed by atoms with van der Waals surface area (Å²) < 4.78 is 0. The van der Waals surface area contributed by atoms with Gasteiger partial charge in [-0.2, -0.15) is 0 Å². The minimum absolute atomic E-state index is 0.245. The van der Waals surface area contributed by atoms with Crippen LogP contribution in [0.5, 0.6) is 0 Å². The molecule has 0 aromatic heterocycles. The third-order valence-electron chi connectivity index (χ3n) is 4.70. The standard InChI is InChI=1S/C21H22N2O5S/c24-19(25)12-23-18-9-5-4-6-14(18)10-11-16(20(23)26)22-17(21(27)28)13-29-15-7-2-1-3-8-15/h1-9,16-17,22H,10-13H2,(H,24,25)(H,27,28)/t16-,17-/m0/s1. The number of nitrogens with one attached hydrogen (secondary N) is 1. The summed E-state index contributed by atoms with van der Waals surface area (Å²) in [5.41, 5.74) is 1.44. The van der Waals surface area contributed by atoms with Crippen molar-refractivity contribution in [1.29, 1.82) is 0 Å². The second kappa shape index (κ2) is 9.58. The van der Waals surface area contributed by atoms with E-state index in [0.717, 1.165) is 10.5 Å². The lowest BCUT2D eigenvalue weighted by Crippen LogP contribution is -2.53. The van der Waals surface area contributed by atoms with Gasteiger partial charge in [-0.05, 0) is 36.6 Å². The second-order valence-electron chi connectivity index (χ2n) is 6.72. The fourth-order valence-corrected chi connectivity index (χ4v) is 4.25. The Morgan fingerprint density at radius 3 is 2.48 bits per heavy atom. The third-order valence-corrected chi connectivity index (χ3v) is 5.81. The molecule has 1 heterocycles. The molecule has 1 aliphatic rings. The molecule has 2 aromatic rings. The van der Waals surface area contributed by atoms with Crippen molar-refractivity contribution in [1.82, 2.24) is 5.32 Å². The number of anilines is 1. The molecule has 0 fully saturated rings. The Kier molecular flexibility index (Phi) is 6.90. The van der Waals surface area contributed by atoms with Crippen molar-refractivity contribution in [2.45, 2.75) is 29.8 Å². The van der Waals surface area contributed by atoms with Crippen LogP contribution < -0.4 is 10.2 Å². The number of hydrogen-bond acceptors (Lipinski definition) is 5. The molecule has 0 unspecified atom stereocenters. The number of carbonyl (C=O) groups excluding carboxylic acids is 1. The molecule has 7 nitrogen and oxygen atoms in total.